The van der Waals surface area contributed by atoms with E-state index < -0.39 is 36.1 Å². The van der Waals surface area contributed by atoms with Gasteiger partial charge in [-0.2, -0.15) is 13.2 Å². The topological polar surface area (TPSA) is 174 Å². The summed E-state index contributed by atoms with van der Waals surface area (Å²) >= 11 is 0. The van der Waals surface area contributed by atoms with E-state index in [9.17, 15) is 36.7 Å². The summed E-state index contributed by atoms with van der Waals surface area (Å²) in [5, 5.41) is 8.78. The molecule has 12 nitrogen and oxygen atoms in total. The smallest absolute Gasteiger partial charge is 0.430 e. The maximum atomic E-state index is 15.0. The summed E-state index contributed by atoms with van der Waals surface area (Å²) in [7, 11) is 0. The zero-order valence-electron chi connectivity index (χ0n) is 22.9. The number of nitrogens with zero attached hydrogens (tertiary/aromatic N) is 3. The van der Waals surface area contributed by atoms with Gasteiger partial charge < -0.3 is 29.9 Å². The number of amides is 2. The number of carboxylic acids is 1. The Balaban J connectivity index is 0.000000646. The SMILES string of the molecule is CC(=O)CC[C@H]1CN(c2ccc(-c3ccc(N4CC(COC(=O)C[NH3+])CC4=O)nc3)c(F)c2)C(=O)O1.O=C([O-])C(F)(F)F. The minimum Gasteiger partial charge on any atom is -0.542 e. The number of carbonyl (C=O) groups is 5. The highest BCUT2D eigenvalue weighted by atomic mass is 19.4. The number of benzene rings is 1. The molecule has 232 valence electrons. The molecule has 0 bridgehead atoms. The standard InChI is InChI=1S/C25H27FN4O6.C2HF3O2/c1-15(31)2-5-19-13-29(25(34)36-19)18-4-6-20(21(26)9-18)17-3-7-22(28-11-17)30-12-16(8-23(30)32)14-35-24(33)10-27;3-2(4,5)1(6)7/h3-4,6-7,9,11,16,19H,2,5,8,10,12-14,27H2,1H3;(H,6,7)/t16?,19-;/m0./s1. The highest BCUT2D eigenvalue weighted by molar-refractivity contribution is 5.95. The van der Waals surface area contributed by atoms with Crippen LogP contribution in [0.25, 0.3) is 11.1 Å². The molecule has 43 heavy (non-hydrogen) atoms. The molecule has 2 aliphatic rings. The molecule has 2 amide bonds. The van der Waals surface area contributed by atoms with Crippen molar-refractivity contribution in [2.45, 2.75) is 38.5 Å². The number of carbonyl (C=O) groups excluding carboxylic acids is 5. The van der Waals surface area contributed by atoms with E-state index >= 15 is 0 Å². The maximum absolute atomic E-state index is 15.0. The average molecular weight is 613 g/mol. The van der Waals surface area contributed by atoms with Gasteiger partial charge in [-0.1, -0.05) is 0 Å². The number of hydrogen-bond acceptors (Lipinski definition) is 9. The second kappa shape index (κ2) is 14.0. The Hall–Kier alpha value is -4.60. The van der Waals surface area contributed by atoms with E-state index in [-0.39, 0.29) is 43.7 Å². The van der Waals surface area contributed by atoms with Crippen molar-refractivity contribution < 1.29 is 61.8 Å². The van der Waals surface area contributed by atoms with E-state index in [1.54, 1.807) is 24.3 Å². The van der Waals surface area contributed by atoms with Crippen molar-refractivity contribution in [3.05, 3.63) is 42.3 Å². The molecule has 2 fully saturated rings. The molecule has 3 heterocycles. The summed E-state index contributed by atoms with van der Waals surface area (Å²) in [5.41, 5.74) is 4.64. The van der Waals surface area contributed by atoms with Crippen molar-refractivity contribution in [2.24, 2.45) is 5.92 Å². The number of aliphatic carboxylic acids is 1. The van der Waals surface area contributed by atoms with Crippen molar-refractivity contribution in [2.75, 3.05) is 36.0 Å². The van der Waals surface area contributed by atoms with E-state index in [0.717, 1.165) is 0 Å². The van der Waals surface area contributed by atoms with E-state index in [0.29, 0.717) is 42.0 Å². The number of Topliss-reactive ketones (excluding diaryl/α,β-unsaturated/α-hetero) is 1. The van der Waals surface area contributed by atoms with Gasteiger partial charge in [0.1, 0.15) is 29.5 Å². The molecule has 0 spiro atoms. The Morgan fingerprint density at radius 2 is 1.84 bits per heavy atom. The van der Waals surface area contributed by atoms with Crippen LogP contribution in [0.15, 0.2) is 36.5 Å². The van der Waals surface area contributed by atoms with Crippen LogP contribution in [0.3, 0.4) is 0 Å². The molecular weight excluding hydrogens is 584 g/mol. The second-order valence-electron chi connectivity index (χ2n) is 9.72. The zero-order valence-corrected chi connectivity index (χ0v) is 22.9. The molecule has 0 radical (unpaired) electrons. The monoisotopic (exact) mass is 612 g/mol. The molecule has 3 N–H and O–H groups in total. The third-order valence-electron chi connectivity index (χ3n) is 6.41. The van der Waals surface area contributed by atoms with Gasteiger partial charge in [-0.25, -0.2) is 19.0 Å². The van der Waals surface area contributed by atoms with Crippen LogP contribution in [0.1, 0.15) is 26.2 Å². The number of ether oxygens (including phenoxy) is 2. The molecule has 1 aromatic heterocycles. The summed E-state index contributed by atoms with van der Waals surface area (Å²) in [6.45, 7) is 2.29. The number of esters is 1. The van der Waals surface area contributed by atoms with Gasteiger partial charge in [-0.05, 0) is 43.7 Å². The highest BCUT2D eigenvalue weighted by Gasteiger charge is 2.34. The van der Waals surface area contributed by atoms with E-state index in [1.165, 1.54) is 29.0 Å². The lowest BCUT2D eigenvalue weighted by Gasteiger charge is -2.17. The molecule has 2 atom stereocenters. The van der Waals surface area contributed by atoms with Gasteiger partial charge in [0.05, 0.1) is 18.8 Å². The number of quaternary nitrogens is 1. The van der Waals surface area contributed by atoms with Crippen molar-refractivity contribution >= 4 is 41.2 Å². The third-order valence-corrected chi connectivity index (χ3v) is 6.41. The Morgan fingerprint density at radius 3 is 2.40 bits per heavy atom. The van der Waals surface area contributed by atoms with Crippen LogP contribution in [-0.2, 0) is 28.7 Å². The highest BCUT2D eigenvalue weighted by Crippen LogP contribution is 2.31. The lowest BCUT2D eigenvalue weighted by atomic mass is 10.1. The molecule has 1 aromatic carbocycles. The predicted octanol–water partition coefficient (Wildman–Crippen LogP) is 1.02. The van der Waals surface area contributed by atoms with Gasteiger partial charge in [-0.3, -0.25) is 14.6 Å². The minimum absolute atomic E-state index is 0.0173. The van der Waals surface area contributed by atoms with Crippen molar-refractivity contribution in [1.29, 1.82) is 0 Å². The summed E-state index contributed by atoms with van der Waals surface area (Å²) in [6, 6.07) is 7.77. The number of pyridine rings is 1. The Labute approximate surface area is 242 Å². The van der Waals surface area contributed by atoms with E-state index in [4.69, 9.17) is 19.4 Å². The molecule has 0 aliphatic carbocycles. The van der Waals surface area contributed by atoms with Gasteiger partial charge in [-0.15, -0.1) is 0 Å². The number of cyclic esters (lactones) is 1. The molecule has 16 heteroatoms. The molecule has 2 saturated heterocycles. The van der Waals surface area contributed by atoms with Gasteiger partial charge >= 0.3 is 18.2 Å². The fraction of sp³-hybridized carbons (Fsp3) is 0.407. The van der Waals surface area contributed by atoms with Gasteiger partial charge in [0, 0.05) is 42.6 Å². The number of alkyl halides is 3. The van der Waals surface area contributed by atoms with Gasteiger partial charge in [0.15, 0.2) is 6.54 Å². The van der Waals surface area contributed by atoms with E-state index in [1.807, 2.05) is 0 Å². The Bertz CT molecular complexity index is 1370. The first-order valence-corrected chi connectivity index (χ1v) is 13.0. The first-order chi connectivity index (χ1) is 20.2. The van der Waals surface area contributed by atoms with Crippen LogP contribution in [0.5, 0.6) is 0 Å². The summed E-state index contributed by atoms with van der Waals surface area (Å²) < 4.78 is 56.9. The first-order valence-electron chi connectivity index (χ1n) is 13.0. The number of hydrogen-bond donors (Lipinski definition) is 1. The Kier molecular flexibility index (Phi) is 10.7. The van der Waals surface area contributed by atoms with Gasteiger partial charge in [0.2, 0.25) is 5.91 Å². The van der Waals surface area contributed by atoms with Crippen LogP contribution in [-0.4, -0.2) is 73.2 Å². The van der Waals surface area contributed by atoms with Crippen molar-refractivity contribution in [1.82, 2.24) is 4.98 Å². The number of anilines is 2. The number of aromatic nitrogens is 1. The molecule has 0 saturated carbocycles. The Morgan fingerprint density at radius 1 is 1.14 bits per heavy atom. The van der Waals surface area contributed by atoms with Crippen LogP contribution in [0, 0.1) is 11.7 Å². The molecular formula is C27H28F4N4O8. The quantitative estimate of drug-likeness (QED) is 0.320. The summed E-state index contributed by atoms with van der Waals surface area (Å²) in [5.74, 6) is -3.75. The maximum Gasteiger partial charge on any atom is 0.430 e. The summed E-state index contributed by atoms with van der Waals surface area (Å²) in [4.78, 5) is 63.1. The number of carboxylic acid groups (broad SMARTS) is 1. The number of halogens is 4. The normalized spacial score (nSPS) is 18.2. The zero-order chi connectivity index (χ0) is 31.9. The first kappa shape index (κ1) is 32.9. The minimum atomic E-state index is -5.19. The lowest BCUT2D eigenvalue weighted by molar-refractivity contribution is -0.359. The fourth-order valence-electron chi connectivity index (χ4n) is 4.26. The molecule has 1 unspecified atom stereocenters. The lowest BCUT2D eigenvalue weighted by Crippen LogP contribution is -2.54. The largest absolute Gasteiger partial charge is 0.542 e. The molecule has 2 aromatic rings. The van der Waals surface area contributed by atoms with Crippen LogP contribution in [0.4, 0.5) is 33.9 Å². The van der Waals surface area contributed by atoms with Crippen LogP contribution >= 0.6 is 0 Å². The predicted molar refractivity (Wildman–Crippen MR) is 137 cm³/mol. The fourth-order valence-corrected chi connectivity index (χ4v) is 4.26. The van der Waals surface area contributed by atoms with E-state index in [2.05, 4.69) is 10.7 Å². The second-order valence-corrected chi connectivity index (χ2v) is 9.72. The molecule has 2 aliphatic heterocycles. The molecule has 4 rings (SSSR count). The average Bonchev–Trinajstić information content (AvgIpc) is 3.52. The number of ketones is 1. The number of rotatable bonds is 9. The van der Waals surface area contributed by atoms with Crippen molar-refractivity contribution in [3.63, 3.8) is 0 Å². The van der Waals surface area contributed by atoms with Gasteiger partial charge in [0.25, 0.3) is 0 Å². The third kappa shape index (κ3) is 8.94. The van der Waals surface area contributed by atoms with Crippen molar-refractivity contribution in [3.8, 4) is 11.1 Å². The summed E-state index contributed by atoms with van der Waals surface area (Å²) in [6.07, 6.45) is -3.70. The van der Waals surface area contributed by atoms with Crippen LogP contribution in [0.2, 0.25) is 0 Å². The van der Waals surface area contributed by atoms with Crippen LogP contribution < -0.4 is 20.6 Å².